The van der Waals surface area contributed by atoms with Gasteiger partial charge in [-0.25, -0.2) is 4.39 Å². The van der Waals surface area contributed by atoms with Gasteiger partial charge in [-0.15, -0.1) is 0 Å². The number of aliphatic hydroxyl groups excluding tert-OH is 1. The molecule has 1 aromatic carbocycles. The molecular weight excluding hydrogens is 390 g/mol. The van der Waals surface area contributed by atoms with Crippen molar-refractivity contribution in [1.82, 2.24) is 0 Å². The van der Waals surface area contributed by atoms with Gasteiger partial charge in [0.15, 0.2) is 4.67 Å². The highest BCUT2D eigenvalue weighted by atomic mass is 79.9. The number of hydrogen-bond acceptors (Lipinski definition) is 2. The Morgan fingerprint density at radius 3 is 2.72 bits per heavy atom. The molecule has 0 radical (unpaired) electrons. The smallest absolute Gasteiger partial charge is 0.183 e. The largest absolute Gasteiger partial charge is 0.450 e. The molecule has 0 fully saturated rings. The fourth-order valence-electron chi connectivity index (χ4n) is 1.54. The third kappa shape index (κ3) is 2.96. The van der Waals surface area contributed by atoms with Crippen molar-refractivity contribution in [1.29, 1.82) is 0 Å². The van der Waals surface area contributed by atoms with Gasteiger partial charge in [0.1, 0.15) is 17.7 Å². The highest BCUT2D eigenvalue weighted by Gasteiger charge is 2.18. The molecule has 1 aromatic heterocycles. The first-order valence-electron chi connectivity index (χ1n) is 5.04. The molecule has 1 atom stereocenters. The number of hydrogen-bond donors (Lipinski definition) is 1. The third-order valence-corrected chi connectivity index (χ3v) is 4.44. The van der Waals surface area contributed by atoms with Crippen molar-refractivity contribution < 1.29 is 13.9 Å². The third-order valence-electron chi connectivity index (χ3n) is 2.44. The highest BCUT2D eigenvalue weighted by molar-refractivity contribution is 9.13. The molecule has 1 N–H and O–H groups in total. The quantitative estimate of drug-likeness (QED) is 0.800. The lowest BCUT2D eigenvalue weighted by atomic mass is 10.1. The van der Waals surface area contributed by atoms with Crippen molar-refractivity contribution >= 4 is 43.5 Å². The first-order valence-corrected chi connectivity index (χ1v) is 7.01. The average molecular weight is 398 g/mol. The SMILES string of the molecule is OC(Cc1cccc(Cl)c1F)c1cc(Br)c(Br)o1. The summed E-state index contributed by atoms with van der Waals surface area (Å²) in [5, 5.41) is 10.0. The molecule has 0 spiro atoms. The summed E-state index contributed by atoms with van der Waals surface area (Å²) in [5.74, 6) is -0.156. The van der Waals surface area contributed by atoms with Gasteiger partial charge in [-0.05, 0) is 49.6 Å². The van der Waals surface area contributed by atoms with Crippen LogP contribution in [0.25, 0.3) is 0 Å². The second-order valence-corrected chi connectivity index (χ2v) is 5.69. The maximum Gasteiger partial charge on any atom is 0.183 e. The fraction of sp³-hybridized carbons (Fsp3) is 0.167. The molecule has 2 aromatic rings. The molecule has 2 nitrogen and oxygen atoms in total. The van der Waals surface area contributed by atoms with Crippen LogP contribution in [0.4, 0.5) is 4.39 Å². The zero-order chi connectivity index (χ0) is 13.3. The first kappa shape index (κ1) is 14.1. The molecule has 0 amide bonds. The zero-order valence-corrected chi connectivity index (χ0v) is 12.9. The summed E-state index contributed by atoms with van der Waals surface area (Å²) in [7, 11) is 0. The molecule has 0 aliphatic heterocycles. The molecule has 2 rings (SSSR count). The van der Waals surface area contributed by atoms with Crippen LogP contribution in [0.5, 0.6) is 0 Å². The average Bonchev–Trinajstić information content (AvgIpc) is 2.66. The van der Waals surface area contributed by atoms with E-state index in [1.165, 1.54) is 6.07 Å². The summed E-state index contributed by atoms with van der Waals surface area (Å²) in [4.78, 5) is 0. The number of rotatable bonds is 3. The molecule has 1 unspecified atom stereocenters. The Hall–Kier alpha value is -0.360. The number of aliphatic hydroxyl groups is 1. The Labute approximate surface area is 125 Å². The normalized spacial score (nSPS) is 12.7. The van der Waals surface area contributed by atoms with Crippen LogP contribution in [0.1, 0.15) is 17.4 Å². The summed E-state index contributed by atoms with van der Waals surface area (Å²) >= 11 is 12.1. The molecule has 1 heterocycles. The Balaban J connectivity index is 2.21. The van der Waals surface area contributed by atoms with Crippen LogP contribution in [0.2, 0.25) is 5.02 Å². The zero-order valence-electron chi connectivity index (χ0n) is 8.96. The highest BCUT2D eigenvalue weighted by Crippen LogP contribution is 2.32. The van der Waals surface area contributed by atoms with Gasteiger partial charge in [0.25, 0.3) is 0 Å². The first-order chi connectivity index (χ1) is 8.49. The van der Waals surface area contributed by atoms with Crippen LogP contribution < -0.4 is 0 Å². The Bertz CT molecular complexity index is 552. The van der Waals surface area contributed by atoms with Gasteiger partial charge in [0, 0.05) is 6.42 Å². The summed E-state index contributed by atoms with van der Waals surface area (Å²) in [6, 6.07) is 6.32. The minimum Gasteiger partial charge on any atom is -0.450 e. The molecule has 6 heteroatoms. The van der Waals surface area contributed by atoms with Crippen LogP contribution in [-0.4, -0.2) is 5.11 Å². The molecule has 0 aliphatic rings. The van der Waals surface area contributed by atoms with Gasteiger partial charge in [-0.1, -0.05) is 23.7 Å². The fourth-order valence-corrected chi connectivity index (χ4v) is 2.34. The molecule has 0 saturated heterocycles. The lowest BCUT2D eigenvalue weighted by Crippen LogP contribution is -2.02. The second kappa shape index (κ2) is 5.74. The number of furan rings is 1. The van der Waals surface area contributed by atoms with E-state index >= 15 is 0 Å². The van der Waals surface area contributed by atoms with E-state index in [1.807, 2.05) is 0 Å². The summed E-state index contributed by atoms with van der Waals surface area (Å²) < 4.78 is 20.1. The van der Waals surface area contributed by atoms with Crippen LogP contribution >= 0.6 is 43.5 Å². The minimum absolute atomic E-state index is 0.0431. The molecule has 96 valence electrons. The van der Waals surface area contributed by atoms with E-state index in [-0.39, 0.29) is 11.4 Å². The van der Waals surface area contributed by atoms with Gasteiger partial charge in [-0.3, -0.25) is 0 Å². The van der Waals surface area contributed by atoms with E-state index in [2.05, 4.69) is 31.9 Å². The predicted octanol–water partition coefficient (Wildman–Crippen LogP) is 4.87. The second-order valence-electron chi connectivity index (χ2n) is 3.70. The summed E-state index contributed by atoms with van der Waals surface area (Å²) in [6.45, 7) is 0. The van der Waals surface area contributed by atoms with E-state index in [9.17, 15) is 9.50 Å². The number of halogens is 4. The van der Waals surface area contributed by atoms with Gasteiger partial charge in [0.05, 0.1) is 9.50 Å². The van der Waals surface area contributed by atoms with Crippen molar-refractivity contribution in [2.24, 2.45) is 0 Å². The van der Waals surface area contributed by atoms with E-state index in [4.69, 9.17) is 16.0 Å². The van der Waals surface area contributed by atoms with E-state index in [0.29, 0.717) is 20.5 Å². The van der Waals surface area contributed by atoms with Gasteiger partial charge in [-0.2, -0.15) is 0 Å². The molecule has 0 bridgehead atoms. The molecular formula is C12H8Br2ClFO2. The Morgan fingerprint density at radius 2 is 2.11 bits per heavy atom. The van der Waals surface area contributed by atoms with E-state index in [1.54, 1.807) is 18.2 Å². The van der Waals surface area contributed by atoms with E-state index < -0.39 is 11.9 Å². The van der Waals surface area contributed by atoms with E-state index in [0.717, 1.165) is 0 Å². The summed E-state index contributed by atoms with van der Waals surface area (Å²) in [6.07, 6.45) is -0.834. The lowest BCUT2D eigenvalue weighted by molar-refractivity contribution is 0.147. The number of benzene rings is 1. The molecule has 0 saturated carbocycles. The van der Waals surface area contributed by atoms with Crippen LogP contribution in [0.3, 0.4) is 0 Å². The van der Waals surface area contributed by atoms with Crippen molar-refractivity contribution in [2.45, 2.75) is 12.5 Å². The van der Waals surface area contributed by atoms with Crippen molar-refractivity contribution in [2.75, 3.05) is 0 Å². The monoisotopic (exact) mass is 396 g/mol. The van der Waals surface area contributed by atoms with Crippen molar-refractivity contribution in [3.05, 3.63) is 55.6 Å². The lowest BCUT2D eigenvalue weighted by Gasteiger charge is -2.09. The van der Waals surface area contributed by atoms with Crippen LogP contribution in [0, 0.1) is 5.82 Å². The minimum atomic E-state index is -0.930. The van der Waals surface area contributed by atoms with Crippen LogP contribution in [-0.2, 0) is 6.42 Å². The summed E-state index contributed by atoms with van der Waals surface area (Å²) in [5.41, 5.74) is 0.346. The van der Waals surface area contributed by atoms with Gasteiger partial charge in [0.2, 0.25) is 0 Å². The van der Waals surface area contributed by atoms with Crippen molar-refractivity contribution in [3.8, 4) is 0 Å². The van der Waals surface area contributed by atoms with Gasteiger partial charge < -0.3 is 9.52 Å². The van der Waals surface area contributed by atoms with Gasteiger partial charge >= 0.3 is 0 Å². The molecule has 18 heavy (non-hydrogen) atoms. The van der Waals surface area contributed by atoms with Crippen molar-refractivity contribution in [3.63, 3.8) is 0 Å². The molecule has 0 aliphatic carbocycles. The standard InChI is InChI=1S/C12H8Br2ClFO2/c13-7-5-10(18-12(7)14)9(17)4-6-2-1-3-8(15)11(6)16/h1-3,5,9,17H,4H2. The maximum atomic E-state index is 13.7. The Kier molecular flexibility index (Phi) is 4.48. The Morgan fingerprint density at radius 1 is 1.39 bits per heavy atom. The maximum absolute atomic E-state index is 13.7. The topological polar surface area (TPSA) is 33.4 Å². The predicted molar refractivity (Wildman–Crippen MR) is 74.2 cm³/mol. The van der Waals surface area contributed by atoms with Crippen LogP contribution in [0.15, 0.2) is 37.8 Å².